The van der Waals surface area contributed by atoms with Crippen LogP contribution in [-0.2, 0) is 16.0 Å². The van der Waals surface area contributed by atoms with Gasteiger partial charge < -0.3 is 16.0 Å². The fourth-order valence-corrected chi connectivity index (χ4v) is 2.21. The van der Waals surface area contributed by atoms with E-state index in [2.05, 4.69) is 28.1 Å². The van der Waals surface area contributed by atoms with E-state index in [1.165, 1.54) is 5.56 Å². The van der Waals surface area contributed by atoms with Gasteiger partial charge >= 0.3 is 0 Å². The van der Waals surface area contributed by atoms with Crippen LogP contribution in [0, 0.1) is 0 Å². The van der Waals surface area contributed by atoms with E-state index < -0.39 is 0 Å². The van der Waals surface area contributed by atoms with Gasteiger partial charge in [-0.1, -0.05) is 43.3 Å². The number of carbonyl (C=O) groups is 2. The molecule has 0 atom stereocenters. The van der Waals surface area contributed by atoms with Crippen molar-refractivity contribution >= 4 is 23.2 Å². The molecule has 5 nitrogen and oxygen atoms in total. The molecule has 126 valence electrons. The summed E-state index contributed by atoms with van der Waals surface area (Å²) in [6.07, 6.45) is 1.30. The number of benzene rings is 2. The van der Waals surface area contributed by atoms with E-state index in [1.807, 2.05) is 18.2 Å². The van der Waals surface area contributed by atoms with E-state index in [1.54, 1.807) is 31.2 Å². The van der Waals surface area contributed by atoms with E-state index in [9.17, 15) is 9.59 Å². The maximum Gasteiger partial charge on any atom is 0.238 e. The molecule has 0 aliphatic rings. The number of rotatable bonds is 8. The minimum Gasteiger partial charge on any atom is -0.326 e. The molecule has 0 fully saturated rings. The number of nitrogens with one attached hydrogen (secondary N) is 3. The second-order valence-corrected chi connectivity index (χ2v) is 5.44. The summed E-state index contributed by atoms with van der Waals surface area (Å²) in [7, 11) is 0. The summed E-state index contributed by atoms with van der Waals surface area (Å²) in [5.74, 6) is -0.164. The summed E-state index contributed by atoms with van der Waals surface area (Å²) in [6.45, 7) is 2.78. The summed E-state index contributed by atoms with van der Waals surface area (Å²) in [5.41, 5.74) is 2.58. The first kappa shape index (κ1) is 17.7. The quantitative estimate of drug-likeness (QED) is 0.654. The molecule has 0 aromatic heterocycles. The first-order valence-electron chi connectivity index (χ1n) is 8.12. The predicted molar refractivity (Wildman–Crippen MR) is 97.0 cm³/mol. The van der Waals surface area contributed by atoms with Crippen LogP contribution in [0.5, 0.6) is 0 Å². The molecule has 0 radical (unpaired) electrons. The highest BCUT2D eigenvalue weighted by Crippen LogP contribution is 2.15. The molecule has 0 unspecified atom stereocenters. The lowest BCUT2D eigenvalue weighted by molar-refractivity contribution is -0.116. The summed E-state index contributed by atoms with van der Waals surface area (Å²) >= 11 is 0. The Morgan fingerprint density at radius 1 is 0.875 bits per heavy atom. The van der Waals surface area contributed by atoms with Crippen LogP contribution in [0.4, 0.5) is 11.4 Å². The molecule has 5 heteroatoms. The van der Waals surface area contributed by atoms with Crippen LogP contribution in [0.25, 0.3) is 0 Å². The Morgan fingerprint density at radius 2 is 1.54 bits per heavy atom. The van der Waals surface area contributed by atoms with Crippen molar-refractivity contribution in [3.8, 4) is 0 Å². The molecule has 2 rings (SSSR count). The third-order valence-electron chi connectivity index (χ3n) is 3.47. The molecule has 0 aliphatic carbocycles. The first-order valence-corrected chi connectivity index (χ1v) is 8.12. The fraction of sp³-hybridized carbons (Fsp3) is 0.263. The number of carbonyl (C=O) groups excluding carboxylic acids is 2. The summed E-state index contributed by atoms with van der Waals surface area (Å²) in [4.78, 5) is 23.4. The van der Waals surface area contributed by atoms with Crippen molar-refractivity contribution < 1.29 is 9.59 Å². The second-order valence-electron chi connectivity index (χ2n) is 5.44. The Hall–Kier alpha value is -2.66. The van der Waals surface area contributed by atoms with E-state index in [0.717, 1.165) is 13.0 Å². The molecule has 0 heterocycles. The Labute approximate surface area is 142 Å². The molecule has 0 spiro atoms. The molecular weight excluding hydrogens is 302 g/mol. The van der Waals surface area contributed by atoms with Crippen molar-refractivity contribution in [1.29, 1.82) is 0 Å². The molecule has 2 aromatic carbocycles. The van der Waals surface area contributed by atoms with Crippen LogP contribution in [0.1, 0.15) is 18.9 Å². The average Bonchev–Trinajstić information content (AvgIpc) is 2.60. The molecule has 0 bridgehead atoms. The number of anilines is 2. The van der Waals surface area contributed by atoms with Crippen LogP contribution in [0.3, 0.4) is 0 Å². The van der Waals surface area contributed by atoms with Crippen molar-refractivity contribution in [3.63, 3.8) is 0 Å². The largest absolute Gasteiger partial charge is 0.326 e. The molecule has 2 amide bonds. The zero-order chi connectivity index (χ0) is 17.2. The van der Waals surface area contributed by atoms with Gasteiger partial charge in [0, 0.05) is 17.8 Å². The monoisotopic (exact) mass is 325 g/mol. The average molecular weight is 325 g/mol. The first-order chi connectivity index (χ1) is 11.7. The molecule has 3 N–H and O–H groups in total. The Bertz CT molecular complexity index is 671. The van der Waals surface area contributed by atoms with Gasteiger partial charge in [-0.05, 0) is 36.7 Å². The molecule has 0 aliphatic heterocycles. The normalized spacial score (nSPS) is 10.2. The summed E-state index contributed by atoms with van der Waals surface area (Å²) in [5, 5.41) is 8.72. The van der Waals surface area contributed by atoms with E-state index in [4.69, 9.17) is 0 Å². The van der Waals surface area contributed by atoms with Crippen molar-refractivity contribution in [2.24, 2.45) is 0 Å². The Balaban J connectivity index is 1.74. The van der Waals surface area contributed by atoms with Crippen LogP contribution < -0.4 is 16.0 Å². The van der Waals surface area contributed by atoms with Gasteiger partial charge in [-0.3, -0.25) is 9.59 Å². The highest BCUT2D eigenvalue weighted by molar-refractivity contribution is 5.94. The van der Waals surface area contributed by atoms with Crippen LogP contribution in [0.2, 0.25) is 0 Å². The van der Waals surface area contributed by atoms with Gasteiger partial charge in [-0.2, -0.15) is 0 Å². The molecular formula is C19H23N3O2. The van der Waals surface area contributed by atoms with Gasteiger partial charge in [-0.25, -0.2) is 0 Å². The maximum atomic E-state index is 12.0. The minimum atomic E-state index is -0.109. The Morgan fingerprint density at radius 3 is 2.21 bits per heavy atom. The van der Waals surface area contributed by atoms with Gasteiger partial charge in [-0.15, -0.1) is 0 Å². The lowest BCUT2D eigenvalue weighted by atomic mass is 10.1. The minimum absolute atomic E-state index is 0.0546. The van der Waals surface area contributed by atoms with Gasteiger partial charge in [0.05, 0.1) is 6.54 Å². The second kappa shape index (κ2) is 9.47. The lowest BCUT2D eigenvalue weighted by Gasteiger charge is -2.09. The van der Waals surface area contributed by atoms with Gasteiger partial charge in [0.1, 0.15) is 0 Å². The lowest BCUT2D eigenvalue weighted by Crippen LogP contribution is -2.29. The summed E-state index contributed by atoms with van der Waals surface area (Å²) in [6, 6.07) is 17.3. The standard InChI is InChI=1S/C19H23N3O2/c1-2-18(23)21-16-9-6-10-17(13-16)22-19(24)14-20-12-11-15-7-4-3-5-8-15/h3-10,13,20H,2,11-12,14H2,1H3,(H,21,23)(H,22,24). The topological polar surface area (TPSA) is 70.2 Å². The van der Waals surface area contributed by atoms with Gasteiger partial charge in [0.15, 0.2) is 0 Å². The van der Waals surface area contributed by atoms with Crippen LogP contribution in [-0.4, -0.2) is 24.9 Å². The van der Waals surface area contributed by atoms with Gasteiger partial charge in [0.2, 0.25) is 11.8 Å². The maximum absolute atomic E-state index is 12.0. The highest BCUT2D eigenvalue weighted by Gasteiger charge is 2.04. The van der Waals surface area contributed by atoms with Crippen molar-refractivity contribution in [1.82, 2.24) is 5.32 Å². The molecule has 0 saturated carbocycles. The fourth-order valence-electron chi connectivity index (χ4n) is 2.21. The zero-order valence-electron chi connectivity index (χ0n) is 13.8. The SMILES string of the molecule is CCC(=O)Nc1cccc(NC(=O)CNCCc2ccccc2)c1. The number of hydrogen-bond donors (Lipinski definition) is 3. The summed E-state index contributed by atoms with van der Waals surface area (Å²) < 4.78 is 0. The van der Waals surface area contributed by atoms with Crippen LogP contribution in [0.15, 0.2) is 54.6 Å². The smallest absolute Gasteiger partial charge is 0.238 e. The molecule has 2 aromatic rings. The third-order valence-corrected chi connectivity index (χ3v) is 3.47. The van der Waals surface area contributed by atoms with Crippen LogP contribution >= 0.6 is 0 Å². The van der Waals surface area contributed by atoms with Gasteiger partial charge in [0.25, 0.3) is 0 Å². The number of amides is 2. The van der Waals surface area contributed by atoms with E-state index in [-0.39, 0.29) is 18.4 Å². The zero-order valence-corrected chi connectivity index (χ0v) is 13.8. The Kier molecular flexibility index (Phi) is 6.98. The van der Waals surface area contributed by atoms with Crippen molar-refractivity contribution in [3.05, 3.63) is 60.2 Å². The predicted octanol–water partition coefficient (Wildman–Crippen LogP) is 2.81. The third kappa shape index (κ3) is 6.22. The van der Waals surface area contributed by atoms with E-state index >= 15 is 0 Å². The highest BCUT2D eigenvalue weighted by atomic mass is 16.2. The number of hydrogen-bond acceptors (Lipinski definition) is 3. The molecule has 24 heavy (non-hydrogen) atoms. The van der Waals surface area contributed by atoms with Crippen molar-refractivity contribution in [2.75, 3.05) is 23.7 Å². The van der Waals surface area contributed by atoms with Crippen molar-refractivity contribution in [2.45, 2.75) is 19.8 Å². The van der Waals surface area contributed by atoms with E-state index in [0.29, 0.717) is 17.8 Å². The molecule has 0 saturated heterocycles.